The monoisotopic (exact) mass is 327 g/mol. The first-order chi connectivity index (χ1) is 11.1. The molecule has 1 saturated carbocycles. The van der Waals surface area contributed by atoms with Crippen molar-refractivity contribution < 1.29 is 13.2 Å². The van der Waals surface area contributed by atoms with Gasteiger partial charge in [-0.1, -0.05) is 19.3 Å². The molecule has 0 bridgehead atoms. The third-order valence-corrected chi connectivity index (χ3v) is 4.96. The highest BCUT2D eigenvalue weighted by Crippen LogP contribution is 2.34. The standard InChI is InChI=1S/C17H24F3N3/c18-15-6-7-21-9-14(15)13-10-22-16(8-12(13)17(19)20)23-11-4-2-1-3-5-11/h8,10-11,14-15,17,21H,1-7,9H2,(H,22,23). The number of anilines is 1. The van der Waals surface area contributed by atoms with E-state index < -0.39 is 18.5 Å². The lowest BCUT2D eigenvalue weighted by atomic mass is 9.88. The Morgan fingerprint density at radius 3 is 2.65 bits per heavy atom. The zero-order valence-corrected chi connectivity index (χ0v) is 13.2. The first kappa shape index (κ1) is 16.6. The van der Waals surface area contributed by atoms with Crippen LogP contribution in [0.25, 0.3) is 0 Å². The van der Waals surface area contributed by atoms with Gasteiger partial charge in [0.05, 0.1) is 0 Å². The van der Waals surface area contributed by atoms with Crippen molar-refractivity contribution in [3.63, 3.8) is 0 Å². The van der Waals surface area contributed by atoms with Gasteiger partial charge in [0.25, 0.3) is 6.43 Å². The van der Waals surface area contributed by atoms with Gasteiger partial charge in [0, 0.05) is 30.3 Å². The Labute approximate surface area is 135 Å². The smallest absolute Gasteiger partial charge is 0.264 e. The summed E-state index contributed by atoms with van der Waals surface area (Å²) in [6.45, 7) is 0.981. The number of piperidine rings is 1. The molecule has 1 aliphatic carbocycles. The maximum absolute atomic E-state index is 14.1. The number of alkyl halides is 3. The van der Waals surface area contributed by atoms with Gasteiger partial charge < -0.3 is 10.6 Å². The van der Waals surface area contributed by atoms with E-state index in [0.717, 1.165) is 25.7 Å². The molecule has 0 aromatic carbocycles. The minimum absolute atomic E-state index is 0.0883. The molecule has 3 rings (SSSR count). The average molecular weight is 327 g/mol. The third-order valence-electron chi connectivity index (χ3n) is 4.96. The van der Waals surface area contributed by atoms with Gasteiger partial charge in [-0.15, -0.1) is 0 Å². The summed E-state index contributed by atoms with van der Waals surface area (Å²) >= 11 is 0. The number of hydrogen-bond donors (Lipinski definition) is 2. The molecule has 0 amide bonds. The predicted molar refractivity (Wildman–Crippen MR) is 84.8 cm³/mol. The molecule has 1 aromatic rings. The summed E-state index contributed by atoms with van der Waals surface area (Å²) in [5, 5.41) is 6.35. The van der Waals surface area contributed by atoms with Crippen LogP contribution in [0.1, 0.15) is 62.0 Å². The van der Waals surface area contributed by atoms with Crippen molar-refractivity contribution in [2.75, 3.05) is 18.4 Å². The minimum Gasteiger partial charge on any atom is -0.367 e. The Balaban J connectivity index is 1.80. The Morgan fingerprint density at radius 2 is 1.96 bits per heavy atom. The van der Waals surface area contributed by atoms with Crippen LogP contribution in [-0.4, -0.2) is 30.3 Å². The molecule has 2 fully saturated rings. The number of nitrogens with zero attached hydrogens (tertiary/aromatic N) is 1. The molecule has 128 valence electrons. The fraction of sp³-hybridized carbons (Fsp3) is 0.706. The Bertz CT molecular complexity index is 518. The van der Waals surface area contributed by atoms with Gasteiger partial charge in [-0.05, 0) is 37.4 Å². The lowest BCUT2D eigenvalue weighted by Crippen LogP contribution is -2.36. The van der Waals surface area contributed by atoms with Crippen molar-refractivity contribution in [1.82, 2.24) is 10.3 Å². The van der Waals surface area contributed by atoms with Gasteiger partial charge in [0.15, 0.2) is 0 Å². The Morgan fingerprint density at radius 1 is 1.17 bits per heavy atom. The number of halogens is 3. The van der Waals surface area contributed by atoms with Crippen LogP contribution in [0, 0.1) is 0 Å². The number of rotatable bonds is 4. The zero-order chi connectivity index (χ0) is 16.2. The first-order valence-electron chi connectivity index (χ1n) is 8.54. The van der Waals surface area contributed by atoms with Crippen LogP contribution in [0.3, 0.4) is 0 Å². The molecule has 0 radical (unpaired) electrons. The molecule has 2 unspecified atom stereocenters. The van der Waals surface area contributed by atoms with Gasteiger partial charge in [0.1, 0.15) is 12.0 Å². The van der Waals surface area contributed by atoms with E-state index in [1.54, 1.807) is 0 Å². The Kier molecular flexibility index (Phi) is 5.41. The second-order valence-electron chi connectivity index (χ2n) is 6.59. The molecule has 6 heteroatoms. The van der Waals surface area contributed by atoms with E-state index in [2.05, 4.69) is 15.6 Å². The number of aromatic nitrogens is 1. The molecule has 1 saturated heterocycles. The summed E-state index contributed by atoms with van der Waals surface area (Å²) in [5.74, 6) is -0.0564. The van der Waals surface area contributed by atoms with Crippen LogP contribution in [0.15, 0.2) is 12.3 Å². The highest BCUT2D eigenvalue weighted by atomic mass is 19.3. The van der Waals surface area contributed by atoms with Crippen LogP contribution in [0.2, 0.25) is 0 Å². The second-order valence-corrected chi connectivity index (χ2v) is 6.59. The fourth-order valence-corrected chi connectivity index (χ4v) is 3.65. The molecule has 2 heterocycles. The maximum atomic E-state index is 14.1. The van der Waals surface area contributed by atoms with E-state index in [1.807, 2.05) is 0 Å². The summed E-state index contributed by atoms with van der Waals surface area (Å²) < 4.78 is 41.1. The van der Waals surface area contributed by atoms with Crippen LogP contribution in [0.4, 0.5) is 19.0 Å². The van der Waals surface area contributed by atoms with E-state index >= 15 is 0 Å². The normalized spacial score (nSPS) is 26.4. The summed E-state index contributed by atoms with van der Waals surface area (Å²) in [6, 6.07) is 1.72. The van der Waals surface area contributed by atoms with Crippen molar-refractivity contribution in [2.45, 2.75) is 63.1 Å². The van der Waals surface area contributed by atoms with Crippen molar-refractivity contribution in [1.29, 1.82) is 0 Å². The van der Waals surface area contributed by atoms with E-state index in [4.69, 9.17) is 0 Å². The fourth-order valence-electron chi connectivity index (χ4n) is 3.65. The predicted octanol–water partition coefficient (Wildman–Crippen LogP) is 4.18. The highest BCUT2D eigenvalue weighted by molar-refractivity contribution is 5.44. The number of hydrogen-bond acceptors (Lipinski definition) is 3. The highest BCUT2D eigenvalue weighted by Gasteiger charge is 2.30. The molecule has 2 atom stereocenters. The van der Waals surface area contributed by atoms with E-state index in [9.17, 15) is 13.2 Å². The average Bonchev–Trinajstić information content (AvgIpc) is 2.56. The third kappa shape index (κ3) is 3.97. The number of pyridine rings is 1. The van der Waals surface area contributed by atoms with Gasteiger partial charge in [-0.3, -0.25) is 0 Å². The quantitative estimate of drug-likeness (QED) is 0.871. The molecule has 23 heavy (non-hydrogen) atoms. The van der Waals surface area contributed by atoms with Gasteiger partial charge in [-0.2, -0.15) is 0 Å². The number of nitrogens with one attached hydrogen (secondary N) is 2. The maximum Gasteiger partial charge on any atom is 0.264 e. The lowest BCUT2D eigenvalue weighted by molar-refractivity contribution is 0.146. The zero-order valence-electron chi connectivity index (χ0n) is 13.2. The summed E-state index contributed by atoms with van der Waals surface area (Å²) in [6.07, 6.45) is 3.75. The van der Waals surface area contributed by atoms with E-state index in [-0.39, 0.29) is 5.56 Å². The molecule has 2 N–H and O–H groups in total. The molecule has 2 aliphatic rings. The largest absolute Gasteiger partial charge is 0.367 e. The van der Waals surface area contributed by atoms with Crippen LogP contribution in [0.5, 0.6) is 0 Å². The minimum atomic E-state index is -2.62. The van der Waals surface area contributed by atoms with E-state index in [1.165, 1.54) is 18.7 Å². The molecular weight excluding hydrogens is 303 g/mol. The second kappa shape index (κ2) is 7.51. The van der Waals surface area contributed by atoms with Crippen LogP contribution < -0.4 is 10.6 Å². The SMILES string of the molecule is FC(F)c1cc(NC2CCCCC2)ncc1C1CNCCC1F. The van der Waals surface area contributed by atoms with Gasteiger partial charge in [0.2, 0.25) is 0 Å². The summed E-state index contributed by atoms with van der Waals surface area (Å²) in [4.78, 5) is 4.29. The van der Waals surface area contributed by atoms with E-state index in [0.29, 0.717) is 36.9 Å². The molecule has 1 aromatic heterocycles. The van der Waals surface area contributed by atoms with Crippen molar-refractivity contribution in [2.24, 2.45) is 0 Å². The molecule has 0 spiro atoms. The van der Waals surface area contributed by atoms with Gasteiger partial charge in [-0.25, -0.2) is 18.2 Å². The topological polar surface area (TPSA) is 37.0 Å². The Hall–Kier alpha value is -1.30. The first-order valence-corrected chi connectivity index (χ1v) is 8.54. The molecule has 1 aliphatic heterocycles. The summed E-state index contributed by atoms with van der Waals surface area (Å²) in [7, 11) is 0. The van der Waals surface area contributed by atoms with Crippen LogP contribution in [-0.2, 0) is 0 Å². The van der Waals surface area contributed by atoms with Crippen molar-refractivity contribution in [3.8, 4) is 0 Å². The van der Waals surface area contributed by atoms with Crippen LogP contribution >= 0.6 is 0 Å². The molecule has 3 nitrogen and oxygen atoms in total. The lowest BCUT2D eigenvalue weighted by Gasteiger charge is -2.29. The van der Waals surface area contributed by atoms with Gasteiger partial charge >= 0.3 is 0 Å². The summed E-state index contributed by atoms with van der Waals surface area (Å²) in [5.41, 5.74) is 0.253. The van der Waals surface area contributed by atoms with Crippen molar-refractivity contribution in [3.05, 3.63) is 23.4 Å². The van der Waals surface area contributed by atoms with Crippen molar-refractivity contribution >= 4 is 5.82 Å². The molecular formula is C17H24F3N3.